The van der Waals surface area contributed by atoms with Crippen molar-refractivity contribution in [3.63, 3.8) is 0 Å². The molecule has 1 aliphatic heterocycles. The quantitative estimate of drug-likeness (QED) is 0.495. The lowest BCUT2D eigenvalue weighted by atomic mass is 9.86. The van der Waals surface area contributed by atoms with Gasteiger partial charge in [-0.05, 0) is 17.7 Å². The minimum atomic E-state index is -0.785. The second-order valence-corrected chi connectivity index (χ2v) is 8.09. The number of nitrogens with zero attached hydrogens (tertiary/aromatic N) is 2. The van der Waals surface area contributed by atoms with E-state index in [2.05, 4.69) is 10.3 Å². The number of benzene rings is 2. The van der Waals surface area contributed by atoms with Gasteiger partial charge < -0.3 is 9.88 Å². The number of fused-ring (bicyclic) bond motifs is 1. The number of nitrogens with one attached hydrogen (secondary N) is 1. The van der Waals surface area contributed by atoms with Crippen molar-refractivity contribution in [3.05, 3.63) is 86.4 Å². The van der Waals surface area contributed by atoms with Crippen molar-refractivity contribution in [2.75, 3.05) is 5.32 Å². The summed E-state index contributed by atoms with van der Waals surface area (Å²) in [7, 11) is 1.73. The van der Waals surface area contributed by atoms with Crippen molar-refractivity contribution < 1.29 is 9.18 Å². The van der Waals surface area contributed by atoms with Gasteiger partial charge in [-0.3, -0.25) is 9.59 Å². The zero-order chi connectivity index (χ0) is 20.5. The molecule has 3 aromatic rings. The molecule has 1 aliphatic rings. The molecule has 0 bridgehead atoms. The Morgan fingerprint density at radius 1 is 1.17 bits per heavy atom. The molecule has 2 heterocycles. The number of hydrogen-bond donors (Lipinski definition) is 1. The number of halogens is 2. The van der Waals surface area contributed by atoms with Gasteiger partial charge in [-0.2, -0.15) is 4.98 Å². The zero-order valence-electron chi connectivity index (χ0n) is 15.5. The molecule has 1 unspecified atom stereocenters. The summed E-state index contributed by atoms with van der Waals surface area (Å²) in [5, 5.41) is 3.40. The van der Waals surface area contributed by atoms with E-state index in [0.29, 0.717) is 16.7 Å². The molecule has 148 valence electrons. The van der Waals surface area contributed by atoms with Gasteiger partial charge in [-0.15, -0.1) is 0 Å². The number of hydrogen-bond acceptors (Lipinski definition) is 4. The van der Waals surface area contributed by atoms with E-state index in [0.717, 1.165) is 5.56 Å². The molecule has 0 aliphatic carbocycles. The highest BCUT2D eigenvalue weighted by atomic mass is 35.5. The molecule has 0 radical (unpaired) electrons. The first-order valence-corrected chi connectivity index (χ1v) is 10.3. The summed E-state index contributed by atoms with van der Waals surface area (Å²) in [5.41, 5.74) is 1.000. The predicted molar refractivity (Wildman–Crippen MR) is 112 cm³/mol. The summed E-state index contributed by atoms with van der Waals surface area (Å²) >= 11 is 7.61. The van der Waals surface area contributed by atoms with E-state index in [1.54, 1.807) is 17.7 Å². The van der Waals surface area contributed by atoms with Crippen LogP contribution in [0.1, 0.15) is 29.0 Å². The van der Waals surface area contributed by atoms with Crippen LogP contribution < -0.4 is 10.9 Å². The van der Waals surface area contributed by atoms with Gasteiger partial charge in [0.05, 0.1) is 5.56 Å². The fraction of sp³-hybridized carbons (Fsp3) is 0.190. The second-order valence-electron chi connectivity index (χ2n) is 6.74. The van der Waals surface area contributed by atoms with E-state index in [-0.39, 0.29) is 28.5 Å². The molecule has 2 aromatic carbocycles. The minimum Gasteiger partial charge on any atom is -0.312 e. The van der Waals surface area contributed by atoms with E-state index in [1.165, 1.54) is 23.9 Å². The number of thioether (sulfide) groups is 1. The van der Waals surface area contributed by atoms with Gasteiger partial charge in [0.25, 0.3) is 5.56 Å². The van der Waals surface area contributed by atoms with Crippen molar-refractivity contribution in [3.8, 4) is 0 Å². The third-order valence-corrected chi connectivity index (χ3v) is 6.29. The lowest BCUT2D eigenvalue weighted by Crippen LogP contribution is -2.34. The fourth-order valence-corrected chi connectivity index (χ4v) is 4.69. The maximum Gasteiger partial charge on any atom is 0.279 e. The smallest absolute Gasteiger partial charge is 0.279 e. The average molecular weight is 430 g/mol. The van der Waals surface area contributed by atoms with Crippen LogP contribution in [0.5, 0.6) is 0 Å². The largest absolute Gasteiger partial charge is 0.312 e. The molecule has 1 atom stereocenters. The number of anilines is 1. The van der Waals surface area contributed by atoms with Gasteiger partial charge >= 0.3 is 0 Å². The Hall–Kier alpha value is -2.64. The third kappa shape index (κ3) is 3.80. The number of aromatic nitrogens is 2. The first-order chi connectivity index (χ1) is 14.0. The van der Waals surface area contributed by atoms with Crippen LogP contribution in [0.25, 0.3) is 0 Å². The molecular formula is C21H17ClFN3O2S. The molecule has 0 saturated heterocycles. The van der Waals surface area contributed by atoms with Crippen LogP contribution in [0, 0.1) is 5.82 Å². The van der Waals surface area contributed by atoms with E-state index in [1.807, 2.05) is 30.3 Å². The van der Waals surface area contributed by atoms with Crippen LogP contribution >= 0.6 is 23.4 Å². The number of amides is 1. The molecule has 8 heteroatoms. The van der Waals surface area contributed by atoms with E-state index in [9.17, 15) is 14.0 Å². The lowest BCUT2D eigenvalue weighted by Gasteiger charge is -2.28. The van der Waals surface area contributed by atoms with Gasteiger partial charge in [0.1, 0.15) is 11.6 Å². The summed E-state index contributed by atoms with van der Waals surface area (Å²) in [6, 6.07) is 14.1. The normalized spacial score (nSPS) is 15.7. The van der Waals surface area contributed by atoms with Crippen LogP contribution in [-0.2, 0) is 17.6 Å². The van der Waals surface area contributed by atoms with Gasteiger partial charge in [0.15, 0.2) is 5.16 Å². The maximum absolute atomic E-state index is 14.5. The van der Waals surface area contributed by atoms with Crippen LogP contribution in [0.3, 0.4) is 0 Å². The van der Waals surface area contributed by atoms with Crippen LogP contribution in [0.15, 0.2) is 58.5 Å². The van der Waals surface area contributed by atoms with E-state index >= 15 is 0 Å². The highest BCUT2D eigenvalue weighted by Gasteiger charge is 2.34. The molecular weight excluding hydrogens is 413 g/mol. The minimum absolute atomic E-state index is 0.0684. The monoisotopic (exact) mass is 429 g/mol. The summed E-state index contributed by atoms with van der Waals surface area (Å²) in [6.07, 6.45) is -0.0684. The fourth-order valence-electron chi connectivity index (χ4n) is 3.48. The molecule has 0 spiro atoms. The molecule has 4 rings (SSSR count). The second kappa shape index (κ2) is 8.00. The Kier molecular flexibility index (Phi) is 5.43. The predicted octanol–water partition coefficient (Wildman–Crippen LogP) is 4.34. The summed E-state index contributed by atoms with van der Waals surface area (Å²) in [6.45, 7) is 0. The Morgan fingerprint density at radius 3 is 2.66 bits per heavy atom. The Labute approximate surface area is 175 Å². The molecule has 1 aromatic heterocycles. The highest BCUT2D eigenvalue weighted by molar-refractivity contribution is 7.98. The third-order valence-electron chi connectivity index (χ3n) is 4.86. The molecule has 1 amide bonds. The van der Waals surface area contributed by atoms with E-state index in [4.69, 9.17) is 11.6 Å². The first-order valence-electron chi connectivity index (χ1n) is 8.97. The molecule has 1 N–H and O–H groups in total. The topological polar surface area (TPSA) is 64.0 Å². The Balaban J connectivity index is 1.78. The first kappa shape index (κ1) is 19.7. The average Bonchev–Trinajstić information content (AvgIpc) is 2.70. The lowest BCUT2D eigenvalue weighted by molar-refractivity contribution is -0.116. The van der Waals surface area contributed by atoms with Crippen molar-refractivity contribution >= 4 is 35.1 Å². The van der Waals surface area contributed by atoms with Gasteiger partial charge in [0, 0.05) is 35.7 Å². The number of carbonyl (C=O) groups excluding carboxylic acids is 1. The summed E-state index contributed by atoms with van der Waals surface area (Å²) < 4.78 is 16.2. The van der Waals surface area contributed by atoms with Crippen molar-refractivity contribution in [2.24, 2.45) is 7.05 Å². The zero-order valence-corrected chi connectivity index (χ0v) is 17.1. The van der Waals surface area contributed by atoms with Gasteiger partial charge in [-0.1, -0.05) is 59.8 Å². The van der Waals surface area contributed by atoms with Crippen molar-refractivity contribution in [1.82, 2.24) is 9.55 Å². The van der Waals surface area contributed by atoms with Crippen LogP contribution in [-0.4, -0.2) is 15.5 Å². The van der Waals surface area contributed by atoms with Crippen molar-refractivity contribution in [1.29, 1.82) is 0 Å². The molecule has 0 fully saturated rings. The number of carbonyl (C=O) groups is 1. The van der Waals surface area contributed by atoms with Crippen LogP contribution in [0.4, 0.5) is 10.2 Å². The van der Waals surface area contributed by atoms with Crippen molar-refractivity contribution in [2.45, 2.75) is 23.2 Å². The van der Waals surface area contributed by atoms with Gasteiger partial charge in [0.2, 0.25) is 5.91 Å². The standard InChI is InChI=1S/C21H17ClFN3O2S/c1-26-19-18(20(28)25-21(26)29-11-12-6-3-2-4-7-12)13(10-16(27)24-19)17-14(22)8-5-9-15(17)23/h2-9,13H,10-11H2,1H3,(H,24,27). The van der Waals surface area contributed by atoms with E-state index < -0.39 is 17.3 Å². The van der Waals surface area contributed by atoms with Crippen LogP contribution in [0.2, 0.25) is 5.02 Å². The Bertz CT molecular complexity index is 1130. The highest BCUT2D eigenvalue weighted by Crippen LogP contribution is 2.39. The number of rotatable bonds is 4. The summed E-state index contributed by atoms with van der Waals surface area (Å²) in [5.74, 6) is -0.682. The molecule has 5 nitrogen and oxygen atoms in total. The maximum atomic E-state index is 14.5. The summed E-state index contributed by atoms with van der Waals surface area (Å²) in [4.78, 5) is 29.5. The SMILES string of the molecule is Cn1c(SCc2ccccc2)nc(=O)c2c1NC(=O)CC2c1c(F)cccc1Cl. The molecule has 29 heavy (non-hydrogen) atoms. The molecule has 0 saturated carbocycles. The van der Waals surface area contributed by atoms with Gasteiger partial charge in [-0.25, -0.2) is 4.39 Å². The Morgan fingerprint density at radius 2 is 1.93 bits per heavy atom.